The lowest BCUT2D eigenvalue weighted by atomic mass is 10.1. The van der Waals surface area contributed by atoms with Gasteiger partial charge in [0.15, 0.2) is 0 Å². The summed E-state index contributed by atoms with van der Waals surface area (Å²) in [4.78, 5) is 14.6. The van der Waals surface area contributed by atoms with Gasteiger partial charge in [-0.05, 0) is 12.0 Å². The van der Waals surface area contributed by atoms with Crippen LogP contribution in [-0.4, -0.2) is 47.8 Å². The van der Waals surface area contributed by atoms with Crippen molar-refractivity contribution in [3.05, 3.63) is 53.9 Å². The van der Waals surface area contributed by atoms with Crippen LogP contribution in [0.25, 0.3) is 0 Å². The molecule has 2 aromatic rings. The van der Waals surface area contributed by atoms with Gasteiger partial charge in [-0.1, -0.05) is 42.4 Å². The molecule has 0 radical (unpaired) electrons. The first-order valence-corrected chi connectivity index (χ1v) is 8.81. The van der Waals surface area contributed by atoms with Crippen molar-refractivity contribution in [2.24, 2.45) is 0 Å². The van der Waals surface area contributed by atoms with Crippen LogP contribution >= 0.6 is 0 Å². The molecule has 1 saturated heterocycles. The van der Waals surface area contributed by atoms with E-state index in [1.165, 1.54) is 11.8 Å². The van der Waals surface area contributed by atoms with Crippen LogP contribution in [0.1, 0.15) is 24.6 Å². The first-order chi connectivity index (χ1) is 12.2. The van der Waals surface area contributed by atoms with E-state index < -0.39 is 0 Å². The van der Waals surface area contributed by atoms with Crippen LogP contribution in [0.3, 0.4) is 0 Å². The molecule has 2 heterocycles. The lowest BCUT2D eigenvalue weighted by Gasteiger charge is -2.37. The second-order valence-electron chi connectivity index (χ2n) is 6.38. The Morgan fingerprint density at radius 2 is 2.20 bits per heavy atom. The lowest BCUT2D eigenvalue weighted by molar-refractivity contribution is -0.123. The van der Waals surface area contributed by atoms with Crippen LogP contribution in [0.4, 0.5) is 0 Å². The first-order valence-electron chi connectivity index (χ1n) is 8.81. The fraction of sp³-hybridized carbons (Fsp3) is 0.474. The minimum absolute atomic E-state index is 0.00188. The number of amides is 1. The Labute approximate surface area is 148 Å². The zero-order valence-corrected chi connectivity index (χ0v) is 14.6. The predicted molar refractivity (Wildman–Crippen MR) is 93.9 cm³/mol. The van der Waals surface area contributed by atoms with Gasteiger partial charge in [0.2, 0.25) is 5.91 Å². The molecule has 0 aliphatic carbocycles. The molecule has 3 rings (SSSR count). The number of hydrogen-bond donors (Lipinski definition) is 1. The van der Waals surface area contributed by atoms with Gasteiger partial charge >= 0.3 is 0 Å². The third-order valence-corrected chi connectivity index (χ3v) is 4.49. The highest BCUT2D eigenvalue weighted by atomic mass is 16.5. The first kappa shape index (κ1) is 17.6. The molecule has 1 amide bonds. The smallest absolute Gasteiger partial charge is 0.226 e. The Kier molecular flexibility index (Phi) is 6.19. The molecular weight excluding hydrogens is 318 g/mol. The molecule has 1 fully saturated rings. The average molecular weight is 343 g/mol. The Bertz CT molecular complexity index is 645. The van der Waals surface area contributed by atoms with Crippen LogP contribution < -0.4 is 5.32 Å². The number of benzene rings is 1. The van der Waals surface area contributed by atoms with Crippen LogP contribution in [0, 0.1) is 0 Å². The molecule has 1 aliphatic heterocycles. The summed E-state index contributed by atoms with van der Waals surface area (Å²) in [6, 6.07) is 12.1. The Morgan fingerprint density at radius 1 is 1.36 bits per heavy atom. The summed E-state index contributed by atoms with van der Waals surface area (Å²) in [5.41, 5.74) is 1.94. The third kappa shape index (κ3) is 5.14. The van der Waals surface area contributed by atoms with E-state index in [0.29, 0.717) is 12.3 Å². The number of hydrogen-bond acceptors (Lipinski definition) is 5. The fourth-order valence-electron chi connectivity index (χ4n) is 3.17. The summed E-state index contributed by atoms with van der Waals surface area (Å²) in [6.07, 6.45) is 2.54. The van der Waals surface area contributed by atoms with Gasteiger partial charge in [-0.25, -0.2) is 0 Å². The van der Waals surface area contributed by atoms with E-state index in [1.54, 1.807) is 6.07 Å². The van der Waals surface area contributed by atoms with Crippen molar-refractivity contribution in [3.63, 3.8) is 0 Å². The average Bonchev–Trinajstić information content (AvgIpc) is 3.13. The highest BCUT2D eigenvalue weighted by molar-refractivity contribution is 5.78. The van der Waals surface area contributed by atoms with Crippen molar-refractivity contribution < 1.29 is 14.1 Å². The molecule has 1 N–H and O–H groups in total. The van der Waals surface area contributed by atoms with Gasteiger partial charge in [0.05, 0.1) is 30.9 Å². The maximum atomic E-state index is 12.2. The van der Waals surface area contributed by atoms with E-state index >= 15 is 0 Å². The molecule has 6 heteroatoms. The largest absolute Gasteiger partial charge is 0.373 e. The van der Waals surface area contributed by atoms with Crippen molar-refractivity contribution in [2.75, 3.05) is 19.7 Å². The van der Waals surface area contributed by atoms with Crippen LogP contribution in [0.15, 0.2) is 47.2 Å². The van der Waals surface area contributed by atoms with Gasteiger partial charge in [0.25, 0.3) is 0 Å². The van der Waals surface area contributed by atoms with Crippen molar-refractivity contribution in [3.8, 4) is 0 Å². The number of rotatable bonds is 7. The molecule has 0 bridgehead atoms. The van der Waals surface area contributed by atoms with Gasteiger partial charge in [0.1, 0.15) is 6.26 Å². The van der Waals surface area contributed by atoms with Gasteiger partial charge < -0.3 is 14.6 Å². The highest BCUT2D eigenvalue weighted by Gasteiger charge is 2.28. The number of nitrogens with one attached hydrogen (secondary N) is 1. The molecule has 1 aromatic carbocycles. The number of carbonyl (C=O) groups excluding carboxylic acids is 1. The van der Waals surface area contributed by atoms with Crippen molar-refractivity contribution in [1.29, 1.82) is 0 Å². The van der Waals surface area contributed by atoms with Crippen LogP contribution in [0.2, 0.25) is 0 Å². The van der Waals surface area contributed by atoms with Crippen LogP contribution in [-0.2, 0) is 22.5 Å². The molecule has 2 atom stereocenters. The topological polar surface area (TPSA) is 67.6 Å². The molecule has 1 aliphatic rings. The maximum absolute atomic E-state index is 12.2. The summed E-state index contributed by atoms with van der Waals surface area (Å²) in [6.45, 7) is 5.39. The molecule has 0 saturated carbocycles. The minimum Gasteiger partial charge on any atom is -0.373 e. The normalized spacial score (nSPS) is 19.5. The molecule has 25 heavy (non-hydrogen) atoms. The lowest BCUT2D eigenvalue weighted by Crippen LogP contribution is -2.53. The number of nitrogens with zero attached hydrogens (tertiary/aromatic N) is 2. The Balaban J connectivity index is 1.53. The minimum atomic E-state index is -0.0514. The zero-order valence-electron chi connectivity index (χ0n) is 14.6. The van der Waals surface area contributed by atoms with Crippen molar-refractivity contribution >= 4 is 5.91 Å². The second kappa shape index (κ2) is 8.78. The van der Waals surface area contributed by atoms with E-state index in [4.69, 9.17) is 9.26 Å². The van der Waals surface area contributed by atoms with Crippen molar-refractivity contribution in [1.82, 2.24) is 15.4 Å². The number of morpholine rings is 1. The summed E-state index contributed by atoms with van der Waals surface area (Å²) >= 11 is 0. The standard InChI is InChI=1S/C19H25N3O3/c1-2-17(20-19(23)12-16-8-10-25-21-16)18-14-22(9-11-24-18)13-15-6-4-3-5-7-15/h3-8,10,17-18H,2,9,11-14H2,1H3,(H,20,23)/t17-,18+/m1/s1. The molecule has 0 spiro atoms. The highest BCUT2D eigenvalue weighted by Crippen LogP contribution is 2.14. The van der Waals surface area contributed by atoms with Gasteiger partial charge in [-0.15, -0.1) is 0 Å². The summed E-state index contributed by atoms with van der Waals surface area (Å²) in [5.74, 6) is -0.0514. The number of ether oxygens (including phenoxy) is 1. The number of carbonyl (C=O) groups is 1. The molecular formula is C19H25N3O3. The molecule has 6 nitrogen and oxygen atoms in total. The third-order valence-electron chi connectivity index (χ3n) is 4.49. The Morgan fingerprint density at radius 3 is 2.92 bits per heavy atom. The summed E-state index contributed by atoms with van der Waals surface area (Å²) in [7, 11) is 0. The quantitative estimate of drug-likeness (QED) is 0.833. The van der Waals surface area contributed by atoms with E-state index in [2.05, 4.69) is 46.6 Å². The molecule has 0 unspecified atom stereocenters. The zero-order chi connectivity index (χ0) is 17.5. The van der Waals surface area contributed by atoms with Gasteiger partial charge in [0, 0.05) is 25.7 Å². The SMILES string of the molecule is CC[C@@H](NC(=O)Cc1ccon1)[C@@H]1CN(Cc2ccccc2)CCO1. The van der Waals surface area contributed by atoms with Crippen molar-refractivity contribution in [2.45, 2.75) is 38.5 Å². The van der Waals surface area contributed by atoms with E-state index in [9.17, 15) is 4.79 Å². The van der Waals surface area contributed by atoms with Crippen LogP contribution in [0.5, 0.6) is 0 Å². The maximum Gasteiger partial charge on any atom is 0.226 e. The molecule has 134 valence electrons. The van der Waals surface area contributed by atoms with E-state index in [0.717, 1.165) is 26.1 Å². The summed E-state index contributed by atoms with van der Waals surface area (Å²) < 4.78 is 10.7. The van der Waals surface area contributed by atoms with E-state index in [-0.39, 0.29) is 24.5 Å². The molecule has 1 aromatic heterocycles. The summed E-state index contributed by atoms with van der Waals surface area (Å²) in [5, 5.41) is 6.87. The second-order valence-corrected chi connectivity index (χ2v) is 6.38. The van der Waals surface area contributed by atoms with Gasteiger partial charge in [-0.2, -0.15) is 0 Å². The Hall–Kier alpha value is -2.18. The van der Waals surface area contributed by atoms with Gasteiger partial charge in [-0.3, -0.25) is 9.69 Å². The number of aromatic nitrogens is 1. The monoisotopic (exact) mass is 343 g/mol. The fourth-order valence-corrected chi connectivity index (χ4v) is 3.17. The van der Waals surface area contributed by atoms with E-state index in [1.807, 2.05) is 6.07 Å². The predicted octanol–water partition coefficient (Wildman–Crippen LogP) is 2.01.